The van der Waals surface area contributed by atoms with E-state index < -0.39 is 0 Å². The molecule has 3 fully saturated rings. The van der Waals surface area contributed by atoms with Crippen LogP contribution in [0.25, 0.3) is 0 Å². The first-order valence-corrected chi connectivity index (χ1v) is 9.26. The van der Waals surface area contributed by atoms with Crippen molar-refractivity contribution >= 4 is 12.4 Å². The van der Waals surface area contributed by atoms with Crippen molar-refractivity contribution in [3.05, 3.63) is 29.8 Å². The van der Waals surface area contributed by atoms with Gasteiger partial charge in [0, 0.05) is 51.9 Å². The monoisotopic (exact) mass is 351 g/mol. The summed E-state index contributed by atoms with van der Waals surface area (Å²) in [6.45, 7) is 9.16. The molecule has 1 aromatic rings. The van der Waals surface area contributed by atoms with Crippen LogP contribution in [0.15, 0.2) is 24.3 Å². The number of benzene rings is 1. The zero-order chi connectivity index (χ0) is 15.5. The molecule has 2 aliphatic heterocycles. The standard InChI is InChI=1S/C19H29N3O.ClH/c1-2-17(1)15-23-19-5-3-16(4-6-19)13-21-10-7-18(14-21)22-11-8-20-9-12-22;/h3-6,17-18,20H,1-2,7-15H2;1H. The summed E-state index contributed by atoms with van der Waals surface area (Å²) in [6.07, 6.45) is 4.02. The fraction of sp³-hybridized carbons (Fsp3) is 0.684. The fourth-order valence-corrected chi connectivity index (χ4v) is 3.75. The second-order valence-corrected chi connectivity index (χ2v) is 7.36. The van der Waals surface area contributed by atoms with E-state index in [1.807, 2.05) is 0 Å². The van der Waals surface area contributed by atoms with Crippen molar-refractivity contribution in [3.63, 3.8) is 0 Å². The van der Waals surface area contributed by atoms with Crippen LogP contribution < -0.4 is 10.1 Å². The molecule has 2 heterocycles. The first kappa shape index (κ1) is 18.0. The van der Waals surface area contributed by atoms with Crippen molar-refractivity contribution in [2.75, 3.05) is 45.9 Å². The molecule has 134 valence electrons. The summed E-state index contributed by atoms with van der Waals surface area (Å²) in [5, 5.41) is 3.45. The van der Waals surface area contributed by atoms with Crippen LogP contribution in [0.1, 0.15) is 24.8 Å². The van der Waals surface area contributed by atoms with Gasteiger partial charge in [-0.15, -0.1) is 12.4 Å². The van der Waals surface area contributed by atoms with E-state index in [0.717, 1.165) is 44.0 Å². The molecule has 1 unspecified atom stereocenters. The Labute approximate surface area is 151 Å². The van der Waals surface area contributed by atoms with E-state index in [9.17, 15) is 0 Å². The fourth-order valence-electron chi connectivity index (χ4n) is 3.75. The van der Waals surface area contributed by atoms with Crippen LogP contribution in [0.2, 0.25) is 0 Å². The highest BCUT2D eigenvalue weighted by Crippen LogP contribution is 2.29. The lowest BCUT2D eigenvalue weighted by Gasteiger charge is -2.32. The number of nitrogens with zero attached hydrogens (tertiary/aromatic N) is 2. The van der Waals surface area contributed by atoms with E-state index in [1.54, 1.807) is 0 Å². The highest BCUT2D eigenvalue weighted by Gasteiger charge is 2.28. The molecule has 0 aromatic heterocycles. The summed E-state index contributed by atoms with van der Waals surface area (Å²) in [7, 11) is 0. The molecule has 1 atom stereocenters. The van der Waals surface area contributed by atoms with Gasteiger partial charge in [-0.2, -0.15) is 0 Å². The van der Waals surface area contributed by atoms with Crippen LogP contribution in [0.4, 0.5) is 0 Å². The zero-order valence-corrected chi connectivity index (χ0v) is 15.3. The Morgan fingerprint density at radius 1 is 1.00 bits per heavy atom. The predicted molar refractivity (Wildman–Crippen MR) is 100 cm³/mol. The van der Waals surface area contributed by atoms with Crippen molar-refractivity contribution in [1.82, 2.24) is 15.1 Å². The van der Waals surface area contributed by atoms with Crippen LogP contribution in [-0.4, -0.2) is 61.7 Å². The number of rotatable bonds is 6. The number of hydrogen-bond donors (Lipinski definition) is 1. The Balaban J connectivity index is 0.00000169. The third-order valence-corrected chi connectivity index (χ3v) is 5.43. The lowest BCUT2D eigenvalue weighted by atomic mass is 10.2. The second kappa shape index (κ2) is 8.52. The first-order valence-electron chi connectivity index (χ1n) is 9.26. The van der Waals surface area contributed by atoms with Gasteiger partial charge in [0.2, 0.25) is 0 Å². The van der Waals surface area contributed by atoms with Crippen molar-refractivity contribution in [2.24, 2.45) is 5.92 Å². The van der Waals surface area contributed by atoms with E-state index in [-0.39, 0.29) is 12.4 Å². The van der Waals surface area contributed by atoms with Gasteiger partial charge < -0.3 is 10.1 Å². The Kier molecular flexibility index (Phi) is 6.39. The van der Waals surface area contributed by atoms with Crippen LogP contribution in [0.5, 0.6) is 5.75 Å². The van der Waals surface area contributed by atoms with Crippen molar-refractivity contribution in [3.8, 4) is 5.75 Å². The molecule has 2 saturated heterocycles. The van der Waals surface area contributed by atoms with E-state index in [0.29, 0.717) is 0 Å². The molecule has 0 spiro atoms. The van der Waals surface area contributed by atoms with Gasteiger partial charge in [0.1, 0.15) is 5.75 Å². The van der Waals surface area contributed by atoms with E-state index in [2.05, 4.69) is 39.4 Å². The van der Waals surface area contributed by atoms with Gasteiger partial charge in [0.25, 0.3) is 0 Å². The van der Waals surface area contributed by atoms with Gasteiger partial charge in [-0.25, -0.2) is 0 Å². The van der Waals surface area contributed by atoms with Gasteiger partial charge in [-0.05, 0) is 42.9 Å². The minimum atomic E-state index is 0. The highest BCUT2D eigenvalue weighted by atomic mass is 35.5. The number of halogens is 1. The SMILES string of the molecule is Cl.c1cc(OCC2CC2)ccc1CN1CCC(N2CCNCC2)C1. The quantitative estimate of drug-likeness (QED) is 0.851. The van der Waals surface area contributed by atoms with E-state index >= 15 is 0 Å². The molecule has 1 saturated carbocycles. The van der Waals surface area contributed by atoms with E-state index in [1.165, 1.54) is 51.0 Å². The number of hydrogen-bond acceptors (Lipinski definition) is 4. The van der Waals surface area contributed by atoms with Gasteiger partial charge in [0.05, 0.1) is 6.61 Å². The average molecular weight is 352 g/mol. The summed E-state index contributed by atoms with van der Waals surface area (Å²) in [5.74, 6) is 1.85. The van der Waals surface area contributed by atoms with Gasteiger partial charge >= 0.3 is 0 Å². The Hall–Kier alpha value is -0.810. The average Bonchev–Trinajstić information content (AvgIpc) is 3.32. The summed E-state index contributed by atoms with van der Waals surface area (Å²) in [6, 6.07) is 9.52. The van der Waals surface area contributed by atoms with Crippen molar-refractivity contribution in [2.45, 2.75) is 31.8 Å². The minimum absolute atomic E-state index is 0. The summed E-state index contributed by atoms with van der Waals surface area (Å²) in [5.41, 5.74) is 1.41. The highest BCUT2D eigenvalue weighted by molar-refractivity contribution is 5.85. The molecule has 3 aliphatic rings. The van der Waals surface area contributed by atoms with Gasteiger partial charge in [-0.3, -0.25) is 9.80 Å². The normalized spacial score (nSPS) is 25.4. The molecule has 1 N–H and O–H groups in total. The molecule has 0 amide bonds. The third-order valence-electron chi connectivity index (χ3n) is 5.43. The van der Waals surface area contributed by atoms with Crippen molar-refractivity contribution < 1.29 is 4.74 Å². The first-order chi connectivity index (χ1) is 11.4. The molecule has 24 heavy (non-hydrogen) atoms. The van der Waals surface area contributed by atoms with Crippen LogP contribution in [0, 0.1) is 5.92 Å². The molecular formula is C19H30ClN3O. The number of likely N-dealkylation sites (tertiary alicyclic amines) is 1. The second-order valence-electron chi connectivity index (χ2n) is 7.36. The van der Waals surface area contributed by atoms with Crippen LogP contribution in [-0.2, 0) is 6.54 Å². The van der Waals surface area contributed by atoms with Crippen LogP contribution >= 0.6 is 12.4 Å². The van der Waals surface area contributed by atoms with Gasteiger partial charge in [-0.1, -0.05) is 12.1 Å². The molecule has 5 heteroatoms. The maximum absolute atomic E-state index is 5.83. The lowest BCUT2D eigenvalue weighted by Crippen LogP contribution is -2.49. The molecule has 0 radical (unpaired) electrons. The third kappa shape index (κ3) is 4.85. The minimum Gasteiger partial charge on any atom is -0.493 e. The summed E-state index contributed by atoms with van der Waals surface area (Å²) < 4.78 is 5.83. The topological polar surface area (TPSA) is 27.7 Å². The van der Waals surface area contributed by atoms with E-state index in [4.69, 9.17) is 4.74 Å². The summed E-state index contributed by atoms with van der Waals surface area (Å²) in [4.78, 5) is 5.28. The molecule has 1 aromatic carbocycles. The largest absolute Gasteiger partial charge is 0.493 e. The number of ether oxygens (including phenoxy) is 1. The van der Waals surface area contributed by atoms with Gasteiger partial charge in [0.15, 0.2) is 0 Å². The molecule has 4 rings (SSSR count). The lowest BCUT2D eigenvalue weighted by molar-refractivity contribution is 0.170. The van der Waals surface area contributed by atoms with Crippen molar-refractivity contribution in [1.29, 1.82) is 0 Å². The Morgan fingerprint density at radius 3 is 2.46 bits per heavy atom. The molecule has 0 bridgehead atoms. The maximum atomic E-state index is 5.83. The smallest absolute Gasteiger partial charge is 0.119 e. The Morgan fingerprint density at radius 2 is 1.75 bits per heavy atom. The number of piperazine rings is 1. The predicted octanol–water partition coefficient (Wildman–Crippen LogP) is 2.38. The summed E-state index contributed by atoms with van der Waals surface area (Å²) >= 11 is 0. The zero-order valence-electron chi connectivity index (χ0n) is 14.5. The number of nitrogens with one attached hydrogen (secondary N) is 1. The molecule has 4 nitrogen and oxygen atoms in total. The molecular weight excluding hydrogens is 322 g/mol. The molecule has 1 aliphatic carbocycles. The maximum Gasteiger partial charge on any atom is 0.119 e. The van der Waals surface area contributed by atoms with Crippen LogP contribution in [0.3, 0.4) is 0 Å². The Bertz CT molecular complexity index is 500.